The molecule has 1 amide bonds. The third-order valence-corrected chi connectivity index (χ3v) is 5.11. The summed E-state index contributed by atoms with van der Waals surface area (Å²) in [5, 5.41) is 1.28. The number of hydrogen-bond acceptors (Lipinski definition) is 4. The number of aromatic amines is 1. The van der Waals surface area contributed by atoms with Gasteiger partial charge in [0.2, 0.25) is 5.56 Å². The Balaban J connectivity index is 1.86. The summed E-state index contributed by atoms with van der Waals surface area (Å²) in [4.78, 5) is 34.2. The Morgan fingerprint density at radius 2 is 1.96 bits per heavy atom. The standard InChI is InChI=1S/C20H15N3O2S/c1-2-11-23(20-22-16-9-5-6-10-17(16)26-20)19(25)14-12-18(24)21-15-8-4-3-7-13(14)15/h2-10,12H,1,11H2,(H,21,24). The minimum absolute atomic E-state index is 0.272. The lowest BCUT2D eigenvalue weighted by molar-refractivity contribution is 0.0991. The zero-order valence-corrected chi connectivity index (χ0v) is 14.6. The molecular weight excluding hydrogens is 346 g/mol. The molecule has 0 aliphatic carbocycles. The van der Waals surface area contributed by atoms with Gasteiger partial charge in [0.25, 0.3) is 5.91 Å². The molecule has 0 fully saturated rings. The second-order valence-electron chi connectivity index (χ2n) is 5.76. The highest BCUT2D eigenvalue weighted by Gasteiger charge is 2.22. The molecule has 2 aromatic heterocycles. The van der Waals surface area contributed by atoms with E-state index in [9.17, 15) is 9.59 Å². The van der Waals surface area contributed by atoms with E-state index < -0.39 is 0 Å². The van der Waals surface area contributed by atoms with Crippen molar-refractivity contribution in [3.8, 4) is 0 Å². The molecule has 0 spiro atoms. The molecule has 0 aliphatic heterocycles. The SMILES string of the molecule is C=CCN(C(=O)c1cc(=O)[nH]c2ccccc12)c1nc2ccccc2s1. The van der Waals surface area contributed by atoms with Gasteiger partial charge in [0.15, 0.2) is 5.13 Å². The maximum Gasteiger partial charge on any atom is 0.261 e. The molecule has 1 N–H and O–H groups in total. The number of amides is 1. The highest BCUT2D eigenvalue weighted by atomic mass is 32.1. The Morgan fingerprint density at radius 3 is 2.77 bits per heavy atom. The van der Waals surface area contributed by atoms with Gasteiger partial charge in [-0.25, -0.2) is 4.98 Å². The summed E-state index contributed by atoms with van der Waals surface area (Å²) in [5.41, 5.74) is 1.51. The summed E-state index contributed by atoms with van der Waals surface area (Å²) >= 11 is 1.44. The monoisotopic (exact) mass is 361 g/mol. The molecule has 0 atom stereocenters. The molecule has 2 heterocycles. The Kier molecular flexibility index (Phi) is 4.10. The van der Waals surface area contributed by atoms with Crippen LogP contribution in [0, 0.1) is 0 Å². The second-order valence-corrected chi connectivity index (χ2v) is 6.77. The molecular formula is C20H15N3O2S. The van der Waals surface area contributed by atoms with Crippen LogP contribution in [0.4, 0.5) is 5.13 Å². The second kappa shape index (κ2) is 6.57. The fourth-order valence-electron chi connectivity index (χ4n) is 2.88. The Bertz CT molecular complexity index is 1160. The smallest absolute Gasteiger partial charge is 0.261 e. The summed E-state index contributed by atoms with van der Waals surface area (Å²) in [6.45, 7) is 4.06. The van der Waals surface area contributed by atoms with Crippen LogP contribution in [0.3, 0.4) is 0 Å². The largest absolute Gasteiger partial charge is 0.322 e. The number of carbonyl (C=O) groups is 1. The lowest BCUT2D eigenvalue weighted by atomic mass is 10.1. The number of para-hydroxylation sites is 2. The van der Waals surface area contributed by atoms with Gasteiger partial charge in [0.1, 0.15) is 0 Å². The third kappa shape index (κ3) is 2.80. The molecule has 0 unspecified atom stereocenters. The molecule has 128 valence electrons. The maximum atomic E-state index is 13.3. The number of nitrogens with one attached hydrogen (secondary N) is 1. The first-order valence-electron chi connectivity index (χ1n) is 8.08. The molecule has 2 aromatic carbocycles. The summed E-state index contributed by atoms with van der Waals surface area (Å²) < 4.78 is 1.00. The van der Waals surface area contributed by atoms with E-state index in [0.717, 1.165) is 10.2 Å². The fraction of sp³-hybridized carbons (Fsp3) is 0.0500. The molecule has 4 rings (SSSR count). The van der Waals surface area contributed by atoms with Crippen molar-refractivity contribution in [1.29, 1.82) is 0 Å². The van der Waals surface area contributed by atoms with Crippen LogP contribution in [0.5, 0.6) is 0 Å². The van der Waals surface area contributed by atoms with Gasteiger partial charge in [0, 0.05) is 23.5 Å². The van der Waals surface area contributed by atoms with Crippen LogP contribution < -0.4 is 10.5 Å². The summed E-state index contributed by atoms with van der Waals surface area (Å²) in [6, 6.07) is 16.3. The average molecular weight is 361 g/mol. The van der Waals surface area contributed by atoms with Crippen LogP contribution in [0.15, 0.2) is 72.0 Å². The number of carbonyl (C=O) groups excluding carboxylic acids is 1. The van der Waals surface area contributed by atoms with Gasteiger partial charge >= 0.3 is 0 Å². The van der Waals surface area contributed by atoms with Gasteiger partial charge < -0.3 is 4.98 Å². The highest BCUT2D eigenvalue weighted by molar-refractivity contribution is 7.22. The maximum absolute atomic E-state index is 13.3. The van der Waals surface area contributed by atoms with Crippen molar-refractivity contribution in [2.75, 3.05) is 11.4 Å². The van der Waals surface area contributed by atoms with E-state index >= 15 is 0 Å². The summed E-state index contributed by atoms with van der Waals surface area (Å²) in [5.74, 6) is -0.272. The van der Waals surface area contributed by atoms with Gasteiger partial charge in [0.05, 0.1) is 15.8 Å². The Hall–Kier alpha value is -3.25. The Morgan fingerprint density at radius 1 is 1.19 bits per heavy atom. The number of H-pyrrole nitrogens is 1. The van der Waals surface area contributed by atoms with Crippen molar-refractivity contribution in [2.45, 2.75) is 0 Å². The van der Waals surface area contributed by atoms with Crippen LogP contribution in [0.2, 0.25) is 0 Å². The molecule has 0 saturated heterocycles. The molecule has 6 heteroatoms. The van der Waals surface area contributed by atoms with Crippen molar-refractivity contribution in [3.63, 3.8) is 0 Å². The lowest BCUT2D eigenvalue weighted by Gasteiger charge is -2.18. The number of benzene rings is 2. The van der Waals surface area contributed by atoms with Gasteiger partial charge in [-0.1, -0.05) is 47.7 Å². The van der Waals surface area contributed by atoms with E-state index in [2.05, 4.69) is 16.5 Å². The van der Waals surface area contributed by atoms with E-state index in [4.69, 9.17) is 0 Å². The third-order valence-electron chi connectivity index (χ3n) is 4.05. The number of rotatable bonds is 4. The van der Waals surface area contributed by atoms with E-state index in [1.165, 1.54) is 17.4 Å². The van der Waals surface area contributed by atoms with Crippen LogP contribution in [-0.2, 0) is 0 Å². The van der Waals surface area contributed by atoms with Crippen molar-refractivity contribution < 1.29 is 4.79 Å². The lowest BCUT2D eigenvalue weighted by Crippen LogP contribution is -2.32. The normalized spacial score (nSPS) is 10.9. The summed E-state index contributed by atoms with van der Waals surface area (Å²) in [7, 11) is 0. The summed E-state index contributed by atoms with van der Waals surface area (Å²) in [6.07, 6.45) is 1.65. The predicted octanol–water partition coefficient (Wildman–Crippen LogP) is 3.97. The first-order valence-corrected chi connectivity index (χ1v) is 8.89. The van der Waals surface area contributed by atoms with Gasteiger partial charge in [-0.3, -0.25) is 14.5 Å². The number of anilines is 1. The number of thiazole rings is 1. The van der Waals surface area contributed by atoms with Gasteiger partial charge in [-0.15, -0.1) is 6.58 Å². The molecule has 0 aliphatic rings. The van der Waals surface area contributed by atoms with Crippen molar-refractivity contribution in [2.24, 2.45) is 0 Å². The van der Waals surface area contributed by atoms with Crippen LogP contribution in [0.25, 0.3) is 21.1 Å². The quantitative estimate of drug-likeness (QED) is 0.559. The van der Waals surface area contributed by atoms with Crippen molar-refractivity contribution >= 4 is 43.5 Å². The predicted molar refractivity (Wildman–Crippen MR) is 106 cm³/mol. The first-order chi connectivity index (χ1) is 12.7. The van der Waals surface area contributed by atoms with Crippen molar-refractivity contribution in [3.05, 3.63) is 83.2 Å². The number of pyridine rings is 1. The molecule has 4 aromatic rings. The van der Waals surface area contributed by atoms with E-state index in [1.54, 1.807) is 17.0 Å². The van der Waals surface area contributed by atoms with E-state index in [1.807, 2.05) is 42.5 Å². The molecule has 0 saturated carbocycles. The number of nitrogens with zero attached hydrogens (tertiary/aromatic N) is 2. The number of aromatic nitrogens is 2. The fourth-order valence-corrected chi connectivity index (χ4v) is 3.85. The minimum atomic E-state index is -0.310. The van der Waals surface area contributed by atoms with E-state index in [0.29, 0.717) is 28.1 Å². The first kappa shape index (κ1) is 16.2. The van der Waals surface area contributed by atoms with Gasteiger partial charge in [-0.2, -0.15) is 0 Å². The van der Waals surface area contributed by atoms with Gasteiger partial charge in [-0.05, 0) is 18.2 Å². The Labute approximate surface area is 153 Å². The molecule has 0 bridgehead atoms. The average Bonchev–Trinajstić information content (AvgIpc) is 3.08. The minimum Gasteiger partial charge on any atom is -0.322 e. The number of hydrogen-bond donors (Lipinski definition) is 1. The zero-order chi connectivity index (χ0) is 18.1. The zero-order valence-electron chi connectivity index (χ0n) is 13.8. The number of fused-ring (bicyclic) bond motifs is 2. The van der Waals surface area contributed by atoms with Crippen LogP contribution in [0.1, 0.15) is 10.4 Å². The molecule has 0 radical (unpaired) electrons. The van der Waals surface area contributed by atoms with Crippen LogP contribution >= 0.6 is 11.3 Å². The molecule has 26 heavy (non-hydrogen) atoms. The highest BCUT2D eigenvalue weighted by Crippen LogP contribution is 2.30. The molecule has 5 nitrogen and oxygen atoms in total. The van der Waals surface area contributed by atoms with Crippen LogP contribution in [-0.4, -0.2) is 22.4 Å². The van der Waals surface area contributed by atoms with E-state index in [-0.39, 0.29) is 11.5 Å². The topological polar surface area (TPSA) is 66.1 Å². The van der Waals surface area contributed by atoms with Crippen molar-refractivity contribution in [1.82, 2.24) is 9.97 Å².